The summed E-state index contributed by atoms with van der Waals surface area (Å²) >= 11 is 9.08. The fourth-order valence-electron chi connectivity index (χ4n) is 1.64. The molecule has 0 radical (unpaired) electrons. The summed E-state index contributed by atoms with van der Waals surface area (Å²) in [6, 6.07) is 13.8. The van der Waals surface area contributed by atoms with Crippen molar-refractivity contribution >= 4 is 45.1 Å². The third-order valence-corrected chi connectivity index (χ3v) is 3.52. The Kier molecular flexibility index (Phi) is 6.43. The molecule has 1 N–H and O–H groups in total. The monoisotopic (exact) mass is 397 g/mol. The van der Waals surface area contributed by atoms with Crippen molar-refractivity contribution in [2.45, 2.75) is 0 Å². The van der Waals surface area contributed by atoms with Crippen molar-refractivity contribution in [3.63, 3.8) is 0 Å². The molecular weight excluding hydrogens is 386 g/mol. The summed E-state index contributed by atoms with van der Waals surface area (Å²) in [5.41, 5.74) is 0.634. The number of carbonyl (C=O) groups excluding carboxylic acids is 2. The molecule has 0 saturated heterocycles. The van der Waals surface area contributed by atoms with Crippen molar-refractivity contribution in [3.8, 4) is 5.75 Å². The van der Waals surface area contributed by atoms with Gasteiger partial charge in [0.05, 0.1) is 4.47 Å². The van der Waals surface area contributed by atoms with Gasteiger partial charge in [0, 0.05) is 10.7 Å². The van der Waals surface area contributed by atoms with Crippen molar-refractivity contribution in [3.05, 3.63) is 58.0 Å². The van der Waals surface area contributed by atoms with Crippen LogP contribution in [-0.2, 0) is 14.3 Å². The minimum absolute atomic E-state index is 0.307. The second-order valence-electron chi connectivity index (χ2n) is 4.44. The van der Waals surface area contributed by atoms with Crippen LogP contribution in [0.4, 0.5) is 5.69 Å². The Balaban J connectivity index is 1.73. The molecule has 1 amide bonds. The van der Waals surface area contributed by atoms with Crippen LogP contribution < -0.4 is 10.1 Å². The highest BCUT2D eigenvalue weighted by Gasteiger charge is 2.10. The largest absolute Gasteiger partial charge is 0.481 e. The molecule has 120 valence electrons. The molecule has 2 aromatic rings. The lowest BCUT2D eigenvalue weighted by molar-refractivity contribution is -0.149. The Bertz CT molecular complexity index is 694. The smallest absolute Gasteiger partial charge is 0.344 e. The first-order valence-corrected chi connectivity index (χ1v) is 7.80. The third kappa shape index (κ3) is 5.92. The van der Waals surface area contributed by atoms with Gasteiger partial charge in [0.2, 0.25) is 0 Å². The zero-order chi connectivity index (χ0) is 16.7. The lowest BCUT2D eigenvalue weighted by Crippen LogP contribution is -2.23. The van der Waals surface area contributed by atoms with Gasteiger partial charge in [0.15, 0.2) is 13.2 Å². The maximum absolute atomic E-state index is 11.6. The number of para-hydroxylation sites is 1. The van der Waals surface area contributed by atoms with E-state index in [0.717, 1.165) is 0 Å². The fraction of sp³-hybridized carbons (Fsp3) is 0.125. The standard InChI is InChI=1S/C16H13BrClNO4/c17-13-8-11(18)6-7-14(13)22-10-16(21)23-9-15(20)19-12-4-2-1-3-5-12/h1-8H,9-10H2,(H,19,20). The van der Waals surface area contributed by atoms with Crippen LogP contribution in [0, 0.1) is 0 Å². The normalized spacial score (nSPS) is 10.0. The zero-order valence-corrected chi connectivity index (χ0v) is 14.3. The van der Waals surface area contributed by atoms with Crippen LogP contribution in [0.3, 0.4) is 0 Å². The summed E-state index contributed by atoms with van der Waals surface area (Å²) in [6.07, 6.45) is 0. The molecule has 0 heterocycles. The van der Waals surface area contributed by atoms with Crippen molar-refractivity contribution < 1.29 is 19.1 Å². The number of hydrogen-bond donors (Lipinski definition) is 1. The second kappa shape index (κ2) is 8.55. The summed E-state index contributed by atoms with van der Waals surface area (Å²) < 4.78 is 10.8. The Morgan fingerprint density at radius 2 is 1.83 bits per heavy atom. The van der Waals surface area contributed by atoms with E-state index in [9.17, 15) is 9.59 Å². The molecule has 2 aromatic carbocycles. The molecule has 0 aliphatic carbocycles. The average molecular weight is 399 g/mol. The van der Waals surface area contributed by atoms with E-state index in [1.807, 2.05) is 6.07 Å². The summed E-state index contributed by atoms with van der Waals surface area (Å²) in [7, 11) is 0. The molecule has 7 heteroatoms. The predicted molar refractivity (Wildman–Crippen MR) is 90.7 cm³/mol. The van der Waals surface area contributed by atoms with Gasteiger partial charge < -0.3 is 14.8 Å². The molecule has 0 spiro atoms. The molecule has 0 unspecified atom stereocenters. The molecule has 0 atom stereocenters. The lowest BCUT2D eigenvalue weighted by Gasteiger charge is -2.09. The fourth-order valence-corrected chi connectivity index (χ4v) is 2.43. The first-order chi connectivity index (χ1) is 11.0. The molecule has 0 fully saturated rings. The molecule has 0 aliphatic rings. The Hall–Kier alpha value is -2.05. The third-order valence-electron chi connectivity index (χ3n) is 2.66. The number of carbonyl (C=O) groups is 2. The summed E-state index contributed by atoms with van der Waals surface area (Å²) in [6.45, 7) is -0.683. The summed E-state index contributed by atoms with van der Waals surface area (Å²) in [5.74, 6) is -0.604. The Morgan fingerprint density at radius 3 is 2.52 bits per heavy atom. The van der Waals surface area contributed by atoms with E-state index >= 15 is 0 Å². The number of hydrogen-bond acceptors (Lipinski definition) is 4. The van der Waals surface area contributed by atoms with E-state index in [1.165, 1.54) is 0 Å². The van der Waals surface area contributed by atoms with Crippen LogP contribution in [-0.4, -0.2) is 25.1 Å². The SMILES string of the molecule is O=C(COC(=O)COc1ccc(Cl)cc1Br)Nc1ccccc1. The Morgan fingerprint density at radius 1 is 1.09 bits per heavy atom. The van der Waals surface area contributed by atoms with Gasteiger partial charge in [-0.25, -0.2) is 4.79 Å². The van der Waals surface area contributed by atoms with Crippen LogP contribution in [0.5, 0.6) is 5.75 Å². The first kappa shape index (κ1) is 17.3. The van der Waals surface area contributed by atoms with Gasteiger partial charge in [0.1, 0.15) is 5.75 Å². The van der Waals surface area contributed by atoms with Crippen molar-refractivity contribution in [2.75, 3.05) is 18.5 Å². The number of nitrogens with one attached hydrogen (secondary N) is 1. The van der Waals surface area contributed by atoms with Gasteiger partial charge in [-0.3, -0.25) is 4.79 Å². The number of ether oxygens (including phenoxy) is 2. The summed E-state index contributed by atoms with van der Waals surface area (Å²) in [5, 5.41) is 3.15. The van der Waals surface area contributed by atoms with Gasteiger partial charge in [-0.05, 0) is 46.3 Å². The van der Waals surface area contributed by atoms with E-state index in [0.29, 0.717) is 20.9 Å². The van der Waals surface area contributed by atoms with E-state index < -0.39 is 11.9 Å². The van der Waals surface area contributed by atoms with E-state index in [4.69, 9.17) is 21.1 Å². The van der Waals surface area contributed by atoms with Crippen molar-refractivity contribution in [2.24, 2.45) is 0 Å². The molecular formula is C16H13BrClNO4. The maximum atomic E-state index is 11.6. The van der Waals surface area contributed by atoms with Crippen LogP contribution in [0.1, 0.15) is 0 Å². The van der Waals surface area contributed by atoms with Gasteiger partial charge in [-0.15, -0.1) is 0 Å². The van der Waals surface area contributed by atoms with Gasteiger partial charge in [-0.1, -0.05) is 29.8 Å². The van der Waals surface area contributed by atoms with E-state index in [-0.39, 0.29) is 13.2 Å². The topological polar surface area (TPSA) is 64.6 Å². The molecule has 5 nitrogen and oxygen atoms in total. The Labute approximate surface area is 146 Å². The zero-order valence-electron chi connectivity index (χ0n) is 11.9. The quantitative estimate of drug-likeness (QED) is 0.754. The molecule has 0 saturated carbocycles. The van der Waals surface area contributed by atoms with Gasteiger partial charge in [0.25, 0.3) is 5.91 Å². The molecule has 2 rings (SSSR count). The van der Waals surface area contributed by atoms with Crippen LogP contribution >= 0.6 is 27.5 Å². The minimum atomic E-state index is -0.643. The number of esters is 1. The molecule has 23 heavy (non-hydrogen) atoms. The van der Waals surface area contributed by atoms with E-state index in [2.05, 4.69) is 21.2 Å². The number of rotatable bonds is 6. The van der Waals surface area contributed by atoms with Crippen molar-refractivity contribution in [1.82, 2.24) is 0 Å². The van der Waals surface area contributed by atoms with Crippen LogP contribution in [0.15, 0.2) is 53.0 Å². The predicted octanol–water partition coefficient (Wildman–Crippen LogP) is 3.66. The first-order valence-electron chi connectivity index (χ1n) is 6.63. The molecule has 0 aliphatic heterocycles. The summed E-state index contributed by atoms with van der Waals surface area (Å²) in [4.78, 5) is 23.2. The highest BCUT2D eigenvalue weighted by molar-refractivity contribution is 9.10. The number of benzene rings is 2. The maximum Gasteiger partial charge on any atom is 0.344 e. The highest BCUT2D eigenvalue weighted by atomic mass is 79.9. The molecule has 0 bridgehead atoms. The number of amides is 1. The van der Waals surface area contributed by atoms with Crippen molar-refractivity contribution in [1.29, 1.82) is 0 Å². The number of halogens is 2. The number of anilines is 1. The second-order valence-corrected chi connectivity index (χ2v) is 5.73. The lowest BCUT2D eigenvalue weighted by atomic mass is 10.3. The van der Waals surface area contributed by atoms with Crippen LogP contribution in [0.25, 0.3) is 0 Å². The minimum Gasteiger partial charge on any atom is -0.481 e. The highest BCUT2D eigenvalue weighted by Crippen LogP contribution is 2.27. The van der Waals surface area contributed by atoms with Gasteiger partial charge in [-0.2, -0.15) is 0 Å². The molecule has 0 aromatic heterocycles. The van der Waals surface area contributed by atoms with Crippen LogP contribution in [0.2, 0.25) is 5.02 Å². The van der Waals surface area contributed by atoms with Gasteiger partial charge >= 0.3 is 5.97 Å². The van der Waals surface area contributed by atoms with E-state index in [1.54, 1.807) is 42.5 Å². The average Bonchev–Trinajstić information content (AvgIpc) is 2.53.